The average Bonchev–Trinajstić information content (AvgIpc) is 2.87. The molecule has 2 rings (SSSR count). The van der Waals surface area contributed by atoms with Crippen LogP contribution >= 0.6 is 23.1 Å². The Hall–Kier alpha value is -2.00. The van der Waals surface area contributed by atoms with E-state index in [9.17, 15) is 20.2 Å². The second kappa shape index (κ2) is 6.01. The first kappa shape index (κ1) is 16.4. The van der Waals surface area contributed by atoms with Gasteiger partial charge >= 0.3 is 0 Å². The Kier molecular flexibility index (Phi) is 4.47. The molecule has 0 atom stereocenters. The van der Waals surface area contributed by atoms with Crippen LogP contribution in [0.3, 0.4) is 0 Å². The number of aromatic nitrogens is 1. The molecule has 116 valence electrons. The lowest BCUT2D eigenvalue weighted by Crippen LogP contribution is -2.11. The molecule has 7 nitrogen and oxygen atoms in total. The number of benzene rings is 1. The van der Waals surface area contributed by atoms with Crippen molar-refractivity contribution in [3.8, 4) is 0 Å². The van der Waals surface area contributed by atoms with Gasteiger partial charge in [-0.1, -0.05) is 32.5 Å². The van der Waals surface area contributed by atoms with Gasteiger partial charge in [0.25, 0.3) is 11.4 Å². The number of nitro benzene ring substituents is 2. The third-order valence-corrected chi connectivity index (χ3v) is 4.80. The molecular formula is C13H13N3O4S2. The van der Waals surface area contributed by atoms with E-state index in [-0.39, 0.29) is 16.8 Å². The highest BCUT2D eigenvalue weighted by atomic mass is 32.2. The zero-order valence-corrected chi connectivity index (χ0v) is 13.7. The molecule has 0 aliphatic rings. The molecule has 1 aromatic heterocycles. The van der Waals surface area contributed by atoms with Crippen molar-refractivity contribution >= 4 is 34.5 Å². The van der Waals surface area contributed by atoms with Crippen LogP contribution in [0.4, 0.5) is 11.4 Å². The quantitative estimate of drug-likeness (QED) is 0.604. The highest BCUT2D eigenvalue weighted by molar-refractivity contribution is 8.01. The van der Waals surface area contributed by atoms with Crippen molar-refractivity contribution in [2.45, 2.75) is 35.4 Å². The molecule has 0 fully saturated rings. The van der Waals surface area contributed by atoms with Gasteiger partial charge in [0, 0.05) is 16.9 Å². The van der Waals surface area contributed by atoms with Crippen LogP contribution in [0.2, 0.25) is 0 Å². The third kappa shape index (κ3) is 3.60. The first-order valence-corrected chi connectivity index (χ1v) is 7.95. The topological polar surface area (TPSA) is 99.2 Å². The van der Waals surface area contributed by atoms with Gasteiger partial charge in [0.1, 0.15) is 0 Å². The molecule has 0 bridgehead atoms. The monoisotopic (exact) mass is 339 g/mol. The van der Waals surface area contributed by atoms with Crippen LogP contribution in [-0.2, 0) is 5.41 Å². The molecule has 0 spiro atoms. The summed E-state index contributed by atoms with van der Waals surface area (Å²) in [4.78, 5) is 25.4. The summed E-state index contributed by atoms with van der Waals surface area (Å²) in [6, 6.07) is 3.62. The Morgan fingerprint density at radius 2 is 1.86 bits per heavy atom. The van der Waals surface area contributed by atoms with Crippen molar-refractivity contribution in [1.82, 2.24) is 4.98 Å². The molecule has 22 heavy (non-hydrogen) atoms. The van der Waals surface area contributed by atoms with Gasteiger partial charge in [-0.05, 0) is 6.07 Å². The maximum absolute atomic E-state index is 11.1. The summed E-state index contributed by atoms with van der Waals surface area (Å²) in [5.74, 6) is 0. The van der Waals surface area contributed by atoms with Gasteiger partial charge in [-0.15, -0.1) is 11.3 Å². The molecule has 0 radical (unpaired) electrons. The van der Waals surface area contributed by atoms with Crippen LogP contribution in [0.5, 0.6) is 0 Å². The van der Waals surface area contributed by atoms with Crippen LogP contribution < -0.4 is 0 Å². The van der Waals surface area contributed by atoms with Crippen LogP contribution in [-0.4, -0.2) is 14.8 Å². The number of nitro groups is 2. The number of hydrogen-bond acceptors (Lipinski definition) is 7. The fourth-order valence-electron chi connectivity index (χ4n) is 1.59. The zero-order valence-electron chi connectivity index (χ0n) is 12.1. The Morgan fingerprint density at radius 3 is 2.36 bits per heavy atom. The predicted octanol–water partition coefficient (Wildman–Crippen LogP) is 4.41. The van der Waals surface area contributed by atoms with Crippen molar-refractivity contribution in [2.24, 2.45) is 0 Å². The van der Waals surface area contributed by atoms with Gasteiger partial charge in [-0.2, -0.15) is 0 Å². The number of rotatable bonds is 4. The molecule has 0 aliphatic heterocycles. The molecule has 0 saturated heterocycles. The summed E-state index contributed by atoms with van der Waals surface area (Å²) >= 11 is 2.54. The maximum Gasteiger partial charge on any atom is 0.290 e. The lowest BCUT2D eigenvalue weighted by atomic mass is 9.93. The van der Waals surface area contributed by atoms with E-state index in [0.29, 0.717) is 9.24 Å². The lowest BCUT2D eigenvalue weighted by Gasteiger charge is -2.14. The molecule has 0 saturated carbocycles. The molecule has 0 amide bonds. The van der Waals surface area contributed by atoms with Gasteiger partial charge < -0.3 is 0 Å². The fourth-order valence-corrected chi connectivity index (χ4v) is 3.67. The predicted molar refractivity (Wildman–Crippen MR) is 84.7 cm³/mol. The van der Waals surface area contributed by atoms with Crippen molar-refractivity contribution in [2.75, 3.05) is 0 Å². The van der Waals surface area contributed by atoms with Crippen LogP contribution in [0.25, 0.3) is 0 Å². The Labute approximate surface area is 134 Å². The summed E-state index contributed by atoms with van der Waals surface area (Å²) in [6.07, 6.45) is 0. The van der Waals surface area contributed by atoms with E-state index in [1.54, 1.807) is 0 Å². The Bertz CT molecular complexity index is 737. The first-order valence-electron chi connectivity index (χ1n) is 6.25. The largest absolute Gasteiger partial charge is 0.290 e. The second-order valence-corrected chi connectivity index (χ2v) is 7.66. The first-order chi connectivity index (χ1) is 10.2. The standard InChI is InChI=1S/C13H13N3O4S2/c1-13(2,3)11-7-21-12(14-11)22-10-5-4-8(15(17)18)6-9(10)16(19)20/h4-7H,1-3H3. The molecule has 1 heterocycles. The Morgan fingerprint density at radius 1 is 1.18 bits per heavy atom. The van der Waals surface area contributed by atoms with Crippen LogP contribution in [0, 0.1) is 20.2 Å². The normalized spacial score (nSPS) is 11.4. The van der Waals surface area contributed by atoms with Gasteiger partial charge in [-0.3, -0.25) is 20.2 Å². The minimum atomic E-state index is -0.650. The van der Waals surface area contributed by atoms with Gasteiger partial charge in [0.2, 0.25) is 0 Å². The van der Waals surface area contributed by atoms with E-state index in [2.05, 4.69) is 4.98 Å². The van der Waals surface area contributed by atoms with E-state index in [1.165, 1.54) is 23.5 Å². The summed E-state index contributed by atoms with van der Waals surface area (Å²) in [5.41, 5.74) is 0.221. The highest BCUT2D eigenvalue weighted by Crippen LogP contribution is 2.39. The van der Waals surface area contributed by atoms with E-state index < -0.39 is 9.85 Å². The zero-order chi connectivity index (χ0) is 16.5. The van der Waals surface area contributed by atoms with Crippen LogP contribution in [0.1, 0.15) is 26.5 Å². The number of nitrogens with zero attached hydrogens (tertiary/aromatic N) is 3. The van der Waals surface area contributed by atoms with E-state index >= 15 is 0 Å². The summed E-state index contributed by atoms with van der Waals surface area (Å²) in [5, 5.41) is 23.7. The lowest BCUT2D eigenvalue weighted by molar-refractivity contribution is -0.396. The summed E-state index contributed by atoms with van der Waals surface area (Å²) in [7, 11) is 0. The third-order valence-electron chi connectivity index (χ3n) is 2.80. The van der Waals surface area contributed by atoms with Crippen molar-refractivity contribution in [3.63, 3.8) is 0 Å². The summed E-state index contributed by atoms with van der Waals surface area (Å²) < 4.78 is 0.668. The van der Waals surface area contributed by atoms with E-state index in [1.807, 2.05) is 26.2 Å². The van der Waals surface area contributed by atoms with Gasteiger partial charge in [0.15, 0.2) is 4.34 Å². The fraction of sp³-hybridized carbons (Fsp3) is 0.308. The molecule has 9 heteroatoms. The molecule has 2 aromatic rings. The average molecular weight is 339 g/mol. The molecule has 1 aromatic carbocycles. The number of thiazole rings is 1. The smallest absolute Gasteiger partial charge is 0.258 e. The number of non-ortho nitro benzene ring substituents is 1. The molecule has 0 N–H and O–H groups in total. The summed E-state index contributed by atoms with van der Waals surface area (Å²) in [6.45, 7) is 6.10. The second-order valence-electron chi connectivity index (χ2n) is 5.52. The minimum Gasteiger partial charge on any atom is -0.258 e. The van der Waals surface area contributed by atoms with E-state index in [4.69, 9.17) is 0 Å². The maximum atomic E-state index is 11.1. The van der Waals surface area contributed by atoms with Gasteiger partial charge in [0.05, 0.1) is 26.5 Å². The Balaban J connectivity index is 2.35. The minimum absolute atomic E-state index is 0.100. The molecular weight excluding hydrogens is 326 g/mol. The van der Waals surface area contributed by atoms with Crippen molar-refractivity contribution in [3.05, 3.63) is 49.5 Å². The molecule has 0 aliphatic carbocycles. The van der Waals surface area contributed by atoms with E-state index in [0.717, 1.165) is 23.5 Å². The van der Waals surface area contributed by atoms with Crippen molar-refractivity contribution < 1.29 is 9.85 Å². The highest BCUT2D eigenvalue weighted by Gasteiger charge is 2.22. The molecule has 0 unspecified atom stereocenters. The van der Waals surface area contributed by atoms with Crippen molar-refractivity contribution in [1.29, 1.82) is 0 Å². The SMILES string of the molecule is CC(C)(C)c1csc(Sc2ccc([N+](=O)[O-])cc2[N+](=O)[O-])n1. The van der Waals surface area contributed by atoms with Crippen LogP contribution in [0.15, 0.2) is 32.8 Å². The number of hydrogen-bond donors (Lipinski definition) is 0. The van der Waals surface area contributed by atoms with Gasteiger partial charge in [-0.25, -0.2) is 4.98 Å².